The zero-order valence-electron chi connectivity index (χ0n) is 13.3. The van der Waals surface area contributed by atoms with Crippen LogP contribution < -0.4 is 5.32 Å². The first kappa shape index (κ1) is 15.9. The Kier molecular flexibility index (Phi) is 5.70. The Morgan fingerprint density at radius 1 is 1.33 bits per heavy atom. The molecule has 0 aliphatic carbocycles. The van der Waals surface area contributed by atoms with Crippen LogP contribution in [0.5, 0.6) is 0 Å². The van der Waals surface area contributed by atoms with Crippen molar-refractivity contribution < 1.29 is 4.79 Å². The highest BCUT2D eigenvalue weighted by Crippen LogP contribution is 2.10. The highest BCUT2D eigenvalue weighted by Gasteiger charge is 2.16. The van der Waals surface area contributed by atoms with E-state index in [2.05, 4.69) is 27.1 Å². The molecule has 1 fully saturated rings. The van der Waals surface area contributed by atoms with E-state index in [0.29, 0.717) is 6.42 Å². The van der Waals surface area contributed by atoms with Crippen molar-refractivity contribution in [2.75, 3.05) is 39.8 Å². The van der Waals surface area contributed by atoms with Gasteiger partial charge in [-0.05, 0) is 32.5 Å². The molecule has 116 valence electrons. The van der Waals surface area contributed by atoms with Gasteiger partial charge >= 0.3 is 0 Å². The number of likely N-dealkylation sites (N-methyl/N-ethyl adjacent to an activating group) is 1. The first-order valence-corrected chi connectivity index (χ1v) is 7.67. The fourth-order valence-corrected chi connectivity index (χ4v) is 2.45. The van der Waals surface area contributed by atoms with Crippen LogP contribution in [0.25, 0.3) is 0 Å². The van der Waals surface area contributed by atoms with E-state index < -0.39 is 0 Å². The molecule has 1 aromatic heterocycles. The minimum atomic E-state index is -0.0365. The van der Waals surface area contributed by atoms with Gasteiger partial charge in [0.15, 0.2) is 0 Å². The predicted molar refractivity (Wildman–Crippen MR) is 84.1 cm³/mol. The van der Waals surface area contributed by atoms with E-state index in [0.717, 1.165) is 44.0 Å². The Morgan fingerprint density at radius 2 is 2.05 bits per heavy atom. The number of hydrogen-bond donors (Lipinski definition) is 1. The number of piperazine rings is 1. The number of carbonyl (C=O) groups is 1. The Labute approximate surface area is 127 Å². The molecular formula is C16H26N4O. The molecule has 0 bridgehead atoms. The van der Waals surface area contributed by atoms with Crippen LogP contribution in [0.3, 0.4) is 0 Å². The monoisotopic (exact) mass is 290 g/mol. The first-order chi connectivity index (χ1) is 10.0. The topological polar surface area (TPSA) is 48.5 Å². The van der Waals surface area contributed by atoms with Gasteiger partial charge in [-0.25, -0.2) is 0 Å². The molecule has 5 heteroatoms. The molecule has 2 rings (SSSR count). The molecule has 0 aromatic carbocycles. The van der Waals surface area contributed by atoms with E-state index >= 15 is 0 Å². The van der Waals surface area contributed by atoms with Crippen LogP contribution in [0.1, 0.15) is 30.6 Å². The smallest absolute Gasteiger partial charge is 0.221 e. The van der Waals surface area contributed by atoms with E-state index in [-0.39, 0.29) is 11.9 Å². The van der Waals surface area contributed by atoms with Gasteiger partial charge < -0.3 is 15.1 Å². The molecule has 0 spiro atoms. The van der Waals surface area contributed by atoms with Crippen LogP contribution >= 0.6 is 0 Å². The van der Waals surface area contributed by atoms with Crippen LogP contribution in [0.15, 0.2) is 18.3 Å². The van der Waals surface area contributed by atoms with E-state index in [1.54, 1.807) is 0 Å². The largest absolute Gasteiger partial charge is 0.348 e. The van der Waals surface area contributed by atoms with Gasteiger partial charge in [-0.15, -0.1) is 0 Å². The maximum Gasteiger partial charge on any atom is 0.221 e. The van der Waals surface area contributed by atoms with Gasteiger partial charge in [0.1, 0.15) is 0 Å². The second kappa shape index (κ2) is 7.52. The van der Waals surface area contributed by atoms with Crippen molar-refractivity contribution in [3.8, 4) is 0 Å². The lowest BCUT2D eigenvalue weighted by molar-refractivity contribution is -0.122. The molecule has 1 N–H and O–H groups in total. The number of nitrogens with zero attached hydrogens (tertiary/aromatic N) is 3. The van der Waals surface area contributed by atoms with E-state index in [1.165, 1.54) is 0 Å². The Hall–Kier alpha value is -1.46. The molecule has 1 unspecified atom stereocenters. The normalized spacial score (nSPS) is 18.4. The highest BCUT2D eigenvalue weighted by atomic mass is 16.1. The lowest BCUT2D eigenvalue weighted by Gasteiger charge is -2.32. The van der Waals surface area contributed by atoms with E-state index in [9.17, 15) is 4.79 Å². The summed E-state index contributed by atoms with van der Waals surface area (Å²) in [5.41, 5.74) is 2.04. The standard InChI is InChI=1S/C16H26N4O/c1-13-4-5-15(17-12-13)14(2)18-16(21)6-7-20-10-8-19(3)9-11-20/h4-5,12,14H,6-11H2,1-3H3,(H,18,21). The molecular weight excluding hydrogens is 264 g/mol. The summed E-state index contributed by atoms with van der Waals surface area (Å²) in [6.45, 7) is 9.11. The lowest BCUT2D eigenvalue weighted by atomic mass is 10.2. The van der Waals surface area contributed by atoms with Crippen molar-refractivity contribution in [1.82, 2.24) is 20.1 Å². The third kappa shape index (κ3) is 5.10. The Bertz CT molecular complexity index is 452. The summed E-state index contributed by atoms with van der Waals surface area (Å²) in [6, 6.07) is 3.96. The third-order valence-corrected chi connectivity index (χ3v) is 4.01. The quantitative estimate of drug-likeness (QED) is 0.885. The lowest BCUT2D eigenvalue weighted by Crippen LogP contribution is -2.45. The fraction of sp³-hybridized carbons (Fsp3) is 0.625. The number of hydrogen-bond acceptors (Lipinski definition) is 4. The molecule has 1 saturated heterocycles. The van der Waals surface area contributed by atoms with Gasteiger partial charge in [-0.1, -0.05) is 6.07 Å². The minimum Gasteiger partial charge on any atom is -0.348 e. The van der Waals surface area contributed by atoms with Crippen molar-refractivity contribution in [3.63, 3.8) is 0 Å². The number of aromatic nitrogens is 1. The molecule has 1 aromatic rings. The van der Waals surface area contributed by atoms with Crippen molar-refractivity contribution >= 4 is 5.91 Å². The van der Waals surface area contributed by atoms with Crippen LogP contribution in [0.4, 0.5) is 0 Å². The van der Waals surface area contributed by atoms with Crippen molar-refractivity contribution in [2.24, 2.45) is 0 Å². The van der Waals surface area contributed by atoms with Crippen molar-refractivity contribution in [2.45, 2.75) is 26.3 Å². The summed E-state index contributed by atoms with van der Waals surface area (Å²) in [5, 5.41) is 3.03. The molecule has 1 atom stereocenters. The van der Waals surface area contributed by atoms with Gasteiger partial charge in [0.05, 0.1) is 11.7 Å². The molecule has 1 amide bonds. The minimum absolute atomic E-state index is 0.0365. The molecule has 1 aliphatic rings. The number of nitrogens with one attached hydrogen (secondary N) is 1. The molecule has 5 nitrogen and oxygen atoms in total. The predicted octanol–water partition coefficient (Wildman–Crippen LogP) is 1.20. The maximum atomic E-state index is 12.0. The molecule has 2 heterocycles. The molecule has 0 saturated carbocycles. The summed E-state index contributed by atoms with van der Waals surface area (Å²) in [7, 11) is 2.14. The van der Waals surface area contributed by atoms with Gasteiger partial charge in [0.2, 0.25) is 5.91 Å². The van der Waals surface area contributed by atoms with Gasteiger partial charge in [-0.2, -0.15) is 0 Å². The average Bonchev–Trinajstić information content (AvgIpc) is 2.47. The molecule has 1 aliphatic heterocycles. The third-order valence-electron chi connectivity index (χ3n) is 4.01. The second-order valence-electron chi connectivity index (χ2n) is 5.94. The number of pyridine rings is 1. The van der Waals surface area contributed by atoms with E-state index in [1.807, 2.05) is 32.2 Å². The summed E-state index contributed by atoms with van der Waals surface area (Å²) < 4.78 is 0. The Morgan fingerprint density at radius 3 is 2.67 bits per heavy atom. The molecule has 0 radical (unpaired) electrons. The summed E-state index contributed by atoms with van der Waals surface area (Å²) in [5.74, 6) is 0.101. The van der Waals surface area contributed by atoms with Crippen LogP contribution in [0.2, 0.25) is 0 Å². The van der Waals surface area contributed by atoms with Crippen LogP contribution in [0, 0.1) is 6.92 Å². The zero-order chi connectivity index (χ0) is 15.2. The van der Waals surface area contributed by atoms with E-state index in [4.69, 9.17) is 0 Å². The fourth-order valence-electron chi connectivity index (χ4n) is 2.45. The average molecular weight is 290 g/mol. The van der Waals surface area contributed by atoms with Gasteiger partial charge in [0, 0.05) is 45.3 Å². The van der Waals surface area contributed by atoms with Crippen LogP contribution in [-0.4, -0.2) is 60.5 Å². The summed E-state index contributed by atoms with van der Waals surface area (Å²) >= 11 is 0. The second-order valence-corrected chi connectivity index (χ2v) is 5.94. The SMILES string of the molecule is Cc1ccc(C(C)NC(=O)CCN2CCN(C)CC2)nc1. The summed E-state index contributed by atoms with van der Waals surface area (Å²) in [4.78, 5) is 21.1. The maximum absolute atomic E-state index is 12.0. The van der Waals surface area contributed by atoms with Gasteiger partial charge in [-0.3, -0.25) is 9.78 Å². The first-order valence-electron chi connectivity index (χ1n) is 7.67. The van der Waals surface area contributed by atoms with Crippen molar-refractivity contribution in [1.29, 1.82) is 0 Å². The summed E-state index contributed by atoms with van der Waals surface area (Å²) in [6.07, 6.45) is 2.39. The zero-order valence-corrected chi connectivity index (χ0v) is 13.3. The number of amides is 1. The van der Waals surface area contributed by atoms with Gasteiger partial charge in [0.25, 0.3) is 0 Å². The van der Waals surface area contributed by atoms with Crippen molar-refractivity contribution in [3.05, 3.63) is 29.6 Å². The number of carbonyl (C=O) groups excluding carboxylic acids is 1. The number of aryl methyl sites for hydroxylation is 1. The number of rotatable bonds is 5. The Balaban J connectivity index is 1.72. The highest BCUT2D eigenvalue weighted by molar-refractivity contribution is 5.76. The molecule has 21 heavy (non-hydrogen) atoms. The van der Waals surface area contributed by atoms with Crippen LogP contribution in [-0.2, 0) is 4.79 Å².